The maximum absolute atomic E-state index is 3.39. The Hall–Kier alpha value is -0.380. The Bertz CT molecular complexity index is 386. The van der Waals surface area contributed by atoms with Crippen LogP contribution in [0.1, 0.15) is 48.6 Å². The van der Waals surface area contributed by atoms with Crippen molar-refractivity contribution < 1.29 is 0 Å². The number of aryl methyl sites for hydroxylation is 1. The van der Waals surface area contributed by atoms with Crippen LogP contribution in [-0.2, 0) is 6.42 Å². The molecule has 1 aromatic heterocycles. The first kappa shape index (κ1) is 12.6. The Morgan fingerprint density at radius 1 is 1.33 bits per heavy atom. The van der Waals surface area contributed by atoms with E-state index in [4.69, 9.17) is 0 Å². The summed E-state index contributed by atoms with van der Waals surface area (Å²) in [6, 6.07) is 3.84. The van der Waals surface area contributed by atoms with Crippen LogP contribution in [0.5, 0.6) is 0 Å². The molecule has 0 aromatic carbocycles. The van der Waals surface area contributed by atoms with Gasteiger partial charge in [0.25, 0.3) is 0 Å². The Morgan fingerprint density at radius 2 is 2.28 bits per heavy atom. The number of rotatable bonds is 3. The third-order valence-corrected chi connectivity index (χ3v) is 5.53. The Morgan fingerprint density at radius 3 is 3.17 bits per heavy atom. The number of hydrogen-bond acceptors (Lipinski definition) is 3. The van der Waals surface area contributed by atoms with Gasteiger partial charge in [0.15, 0.2) is 0 Å². The Balaban J connectivity index is 1.81. The normalized spacial score (nSPS) is 29.2. The lowest BCUT2D eigenvalue weighted by molar-refractivity contribution is 0.0848. The van der Waals surface area contributed by atoms with Crippen LogP contribution in [0.4, 0.5) is 0 Å². The number of likely N-dealkylation sites (N-methyl/N-ethyl adjacent to an activating group) is 1. The maximum atomic E-state index is 3.39. The van der Waals surface area contributed by atoms with Gasteiger partial charge in [-0.25, -0.2) is 0 Å². The Kier molecular flexibility index (Phi) is 4.02. The average molecular weight is 264 g/mol. The molecule has 3 heteroatoms. The summed E-state index contributed by atoms with van der Waals surface area (Å²) in [5.41, 5.74) is 1.65. The van der Waals surface area contributed by atoms with Crippen LogP contribution in [-0.4, -0.2) is 31.1 Å². The van der Waals surface area contributed by atoms with Crippen molar-refractivity contribution in [3.63, 3.8) is 0 Å². The topological polar surface area (TPSA) is 15.3 Å². The van der Waals surface area contributed by atoms with Gasteiger partial charge in [-0.05, 0) is 62.7 Å². The summed E-state index contributed by atoms with van der Waals surface area (Å²) in [5, 5.41) is 5.68. The number of nitrogens with one attached hydrogen (secondary N) is 1. The summed E-state index contributed by atoms with van der Waals surface area (Å²) < 4.78 is 0. The number of piperidine rings is 1. The monoisotopic (exact) mass is 264 g/mol. The molecule has 2 aliphatic rings. The van der Waals surface area contributed by atoms with Crippen molar-refractivity contribution >= 4 is 11.3 Å². The molecule has 2 unspecified atom stereocenters. The smallest absolute Gasteiger partial charge is 0.0362 e. The second kappa shape index (κ2) is 5.72. The number of nitrogens with zero attached hydrogens (tertiary/aromatic N) is 1. The van der Waals surface area contributed by atoms with E-state index in [1.54, 1.807) is 10.4 Å². The van der Waals surface area contributed by atoms with E-state index in [0.717, 1.165) is 12.6 Å². The van der Waals surface area contributed by atoms with Crippen molar-refractivity contribution in [3.05, 3.63) is 21.9 Å². The largest absolute Gasteiger partial charge is 0.318 e. The molecule has 0 saturated carbocycles. The molecule has 2 heterocycles. The minimum atomic E-state index is 0.707. The summed E-state index contributed by atoms with van der Waals surface area (Å²) in [7, 11) is 2.09. The van der Waals surface area contributed by atoms with E-state index >= 15 is 0 Å². The fourth-order valence-electron chi connectivity index (χ4n) is 3.69. The summed E-state index contributed by atoms with van der Waals surface area (Å²) >= 11 is 1.97. The van der Waals surface area contributed by atoms with Crippen LogP contribution < -0.4 is 5.32 Å². The summed E-state index contributed by atoms with van der Waals surface area (Å²) in [4.78, 5) is 4.45. The van der Waals surface area contributed by atoms with Crippen LogP contribution in [0.2, 0.25) is 0 Å². The van der Waals surface area contributed by atoms with E-state index in [2.05, 4.69) is 28.7 Å². The molecule has 3 rings (SSSR count). The third kappa shape index (κ3) is 2.36. The van der Waals surface area contributed by atoms with Crippen LogP contribution in [0.25, 0.3) is 0 Å². The molecule has 1 fully saturated rings. The molecule has 0 radical (unpaired) electrons. The average Bonchev–Trinajstić information content (AvgIpc) is 2.88. The lowest BCUT2D eigenvalue weighted by Crippen LogP contribution is -2.47. The highest BCUT2D eigenvalue weighted by Crippen LogP contribution is 2.39. The molecule has 0 amide bonds. The zero-order chi connectivity index (χ0) is 12.4. The first-order valence-electron chi connectivity index (χ1n) is 7.36. The first-order chi connectivity index (χ1) is 8.90. The molecule has 1 saturated heterocycles. The van der Waals surface area contributed by atoms with E-state index in [9.17, 15) is 0 Å². The molecular weight excluding hydrogens is 240 g/mol. The van der Waals surface area contributed by atoms with Gasteiger partial charge in [-0.2, -0.15) is 0 Å². The van der Waals surface area contributed by atoms with E-state index in [1.165, 1.54) is 45.1 Å². The molecule has 1 aliphatic heterocycles. The highest BCUT2D eigenvalue weighted by Gasteiger charge is 2.32. The molecule has 0 spiro atoms. The molecule has 0 bridgehead atoms. The third-order valence-electron chi connectivity index (χ3n) is 4.53. The van der Waals surface area contributed by atoms with Crippen molar-refractivity contribution in [2.45, 2.75) is 50.6 Å². The molecule has 18 heavy (non-hydrogen) atoms. The predicted molar refractivity (Wildman–Crippen MR) is 78.3 cm³/mol. The summed E-state index contributed by atoms with van der Waals surface area (Å²) in [6.45, 7) is 2.45. The second-order valence-electron chi connectivity index (χ2n) is 5.65. The molecule has 2 atom stereocenters. The van der Waals surface area contributed by atoms with Crippen molar-refractivity contribution in [2.24, 2.45) is 0 Å². The summed E-state index contributed by atoms with van der Waals surface area (Å²) in [6.07, 6.45) is 8.22. The first-order valence-corrected chi connectivity index (χ1v) is 8.24. The molecule has 100 valence electrons. The van der Waals surface area contributed by atoms with Crippen LogP contribution >= 0.6 is 11.3 Å². The van der Waals surface area contributed by atoms with E-state index in [0.29, 0.717) is 6.04 Å². The van der Waals surface area contributed by atoms with E-state index in [-0.39, 0.29) is 0 Å². The quantitative estimate of drug-likeness (QED) is 0.902. The van der Waals surface area contributed by atoms with Crippen molar-refractivity contribution in [2.75, 3.05) is 20.1 Å². The number of hydrogen-bond donors (Lipinski definition) is 1. The lowest BCUT2D eigenvalue weighted by Gasteiger charge is -2.43. The predicted octanol–water partition coefficient (Wildman–Crippen LogP) is 3.20. The maximum Gasteiger partial charge on any atom is 0.0362 e. The van der Waals surface area contributed by atoms with Gasteiger partial charge in [0.05, 0.1) is 0 Å². The molecular formula is C15H24N2S. The summed E-state index contributed by atoms with van der Waals surface area (Å²) in [5.74, 6) is 0. The zero-order valence-electron chi connectivity index (χ0n) is 11.3. The van der Waals surface area contributed by atoms with Crippen LogP contribution in [0.3, 0.4) is 0 Å². The van der Waals surface area contributed by atoms with Crippen LogP contribution in [0, 0.1) is 0 Å². The van der Waals surface area contributed by atoms with Gasteiger partial charge < -0.3 is 5.32 Å². The van der Waals surface area contributed by atoms with Gasteiger partial charge in [-0.15, -0.1) is 11.3 Å². The Labute approximate surface area is 114 Å². The van der Waals surface area contributed by atoms with Crippen molar-refractivity contribution in [3.8, 4) is 0 Å². The number of fused-ring (bicyclic) bond motifs is 1. The second-order valence-corrected chi connectivity index (χ2v) is 6.65. The number of likely N-dealkylation sites (tertiary alicyclic amines) is 1. The zero-order valence-corrected chi connectivity index (χ0v) is 12.1. The highest BCUT2D eigenvalue weighted by atomic mass is 32.1. The minimum absolute atomic E-state index is 0.707. The lowest BCUT2D eigenvalue weighted by atomic mass is 9.89. The van der Waals surface area contributed by atoms with Gasteiger partial charge >= 0.3 is 0 Å². The van der Waals surface area contributed by atoms with Crippen molar-refractivity contribution in [1.82, 2.24) is 10.2 Å². The van der Waals surface area contributed by atoms with Gasteiger partial charge in [-0.1, -0.05) is 6.42 Å². The van der Waals surface area contributed by atoms with E-state index in [1.807, 2.05) is 11.3 Å². The highest BCUT2D eigenvalue weighted by molar-refractivity contribution is 7.10. The number of thiophene rings is 1. The van der Waals surface area contributed by atoms with Gasteiger partial charge in [-0.3, -0.25) is 4.90 Å². The minimum Gasteiger partial charge on any atom is -0.318 e. The standard InChI is InChI=1S/C15H24N2S/c1-16-11-12-5-2-3-9-17(12)14-6-4-7-15-13(14)8-10-18-15/h8,10,12,14,16H,2-7,9,11H2,1H3. The van der Waals surface area contributed by atoms with Gasteiger partial charge in [0.2, 0.25) is 0 Å². The fourth-order valence-corrected chi connectivity index (χ4v) is 4.68. The fraction of sp³-hybridized carbons (Fsp3) is 0.733. The SMILES string of the molecule is CNCC1CCCCN1C1CCCc2sccc21. The van der Waals surface area contributed by atoms with E-state index < -0.39 is 0 Å². The van der Waals surface area contributed by atoms with Crippen LogP contribution in [0.15, 0.2) is 11.4 Å². The van der Waals surface area contributed by atoms with Gasteiger partial charge in [0.1, 0.15) is 0 Å². The molecule has 2 nitrogen and oxygen atoms in total. The van der Waals surface area contributed by atoms with Crippen molar-refractivity contribution in [1.29, 1.82) is 0 Å². The molecule has 1 aliphatic carbocycles. The van der Waals surface area contributed by atoms with Gasteiger partial charge in [0, 0.05) is 23.5 Å². The molecule has 1 aromatic rings. The molecule has 1 N–H and O–H groups in total.